The molecule has 0 aliphatic heterocycles. The van der Waals surface area contributed by atoms with Crippen LogP contribution in [0.15, 0.2) is 170 Å². The van der Waals surface area contributed by atoms with Gasteiger partial charge in [0.05, 0.1) is 22.1 Å². The minimum absolute atomic E-state index is 0.572. The molecule has 0 atom stereocenters. The van der Waals surface area contributed by atoms with Gasteiger partial charge < -0.3 is 0 Å². The van der Waals surface area contributed by atoms with Gasteiger partial charge in [0, 0.05) is 39.2 Å². The van der Waals surface area contributed by atoms with Gasteiger partial charge in [0.15, 0.2) is 17.5 Å². The van der Waals surface area contributed by atoms with Gasteiger partial charge in [-0.15, -0.1) is 0 Å². The minimum atomic E-state index is 0.572. The number of aryl methyl sites for hydroxylation is 2. The van der Waals surface area contributed by atoms with Gasteiger partial charge in [-0.3, -0.25) is 9.13 Å². The first kappa shape index (κ1) is 34.0. The van der Waals surface area contributed by atoms with Crippen molar-refractivity contribution in [2.24, 2.45) is 0 Å². The van der Waals surface area contributed by atoms with Gasteiger partial charge in [0.1, 0.15) is 11.6 Å². The van der Waals surface area contributed by atoms with E-state index in [-0.39, 0.29) is 0 Å². The van der Waals surface area contributed by atoms with E-state index in [0.29, 0.717) is 17.5 Å². The average molecular weight is 736 g/mol. The second kappa shape index (κ2) is 14.0. The molecule has 0 bridgehead atoms. The molecule has 0 unspecified atom stereocenters. The van der Waals surface area contributed by atoms with E-state index in [2.05, 4.69) is 151 Å². The number of hydrogen-bond acceptors (Lipinski definition) is 5. The number of hydrogen-bond donors (Lipinski definition) is 0. The second-order valence-corrected chi connectivity index (χ2v) is 14.4. The van der Waals surface area contributed by atoms with Crippen LogP contribution in [0.5, 0.6) is 0 Å². The van der Waals surface area contributed by atoms with Crippen LogP contribution < -0.4 is 0 Å². The maximum Gasteiger partial charge on any atom is 0.164 e. The summed E-state index contributed by atoms with van der Waals surface area (Å²) in [6.07, 6.45) is 0. The molecule has 0 saturated heterocycles. The van der Waals surface area contributed by atoms with Crippen LogP contribution >= 0.6 is 0 Å². The fraction of sp³-hybridized carbons (Fsp3) is 0.0600. The third-order valence-electron chi connectivity index (χ3n) is 10.7. The van der Waals surface area contributed by atoms with Gasteiger partial charge in [-0.1, -0.05) is 97.1 Å². The van der Waals surface area contributed by atoms with Crippen LogP contribution in [0.2, 0.25) is 0 Å². The Morgan fingerprint density at radius 2 is 0.702 bits per heavy atom. The molecule has 0 spiro atoms. The first-order chi connectivity index (χ1) is 28.0. The summed E-state index contributed by atoms with van der Waals surface area (Å²) in [5.41, 5.74) is 14.1. The Kier molecular flexibility index (Phi) is 8.33. The summed E-state index contributed by atoms with van der Waals surface area (Å²) >= 11 is 0. The second-order valence-electron chi connectivity index (χ2n) is 14.4. The molecule has 7 heteroatoms. The molecular formula is C50H37N7. The van der Waals surface area contributed by atoms with Crippen LogP contribution in [-0.2, 0) is 0 Å². The third kappa shape index (κ3) is 6.15. The van der Waals surface area contributed by atoms with E-state index in [1.54, 1.807) is 0 Å². The molecule has 3 aromatic heterocycles. The Labute approximate surface area is 330 Å². The molecule has 0 aliphatic rings. The molecular weight excluding hydrogens is 699 g/mol. The molecule has 7 nitrogen and oxygen atoms in total. The van der Waals surface area contributed by atoms with Crippen molar-refractivity contribution in [3.05, 3.63) is 187 Å². The molecule has 272 valence electrons. The monoisotopic (exact) mass is 735 g/mol. The molecule has 10 rings (SSSR count). The van der Waals surface area contributed by atoms with Crippen molar-refractivity contribution in [2.45, 2.75) is 20.8 Å². The predicted molar refractivity (Wildman–Crippen MR) is 230 cm³/mol. The number of fused-ring (bicyclic) bond motifs is 2. The van der Waals surface area contributed by atoms with Gasteiger partial charge >= 0.3 is 0 Å². The number of aromatic nitrogens is 7. The maximum atomic E-state index is 5.22. The lowest BCUT2D eigenvalue weighted by molar-refractivity contribution is 1.07. The van der Waals surface area contributed by atoms with Crippen molar-refractivity contribution < 1.29 is 0 Å². The molecule has 10 aromatic rings. The van der Waals surface area contributed by atoms with E-state index in [1.165, 1.54) is 16.7 Å². The van der Waals surface area contributed by atoms with Crippen LogP contribution in [-0.4, -0.2) is 34.1 Å². The number of rotatable bonds is 7. The third-order valence-corrected chi connectivity index (χ3v) is 10.7. The van der Waals surface area contributed by atoms with Crippen molar-refractivity contribution in [3.63, 3.8) is 0 Å². The normalized spacial score (nSPS) is 11.4. The Hall–Kier alpha value is -7.51. The zero-order valence-electron chi connectivity index (χ0n) is 31.8. The number of benzene rings is 7. The van der Waals surface area contributed by atoms with Gasteiger partial charge in [0.2, 0.25) is 0 Å². The minimum Gasteiger partial charge on any atom is -0.292 e. The number of para-hydroxylation sites is 2. The molecule has 57 heavy (non-hydrogen) atoms. The van der Waals surface area contributed by atoms with Crippen LogP contribution in [0, 0.1) is 20.8 Å². The lowest BCUT2D eigenvalue weighted by Gasteiger charge is -2.12. The van der Waals surface area contributed by atoms with Crippen molar-refractivity contribution >= 4 is 22.1 Å². The predicted octanol–water partition coefficient (Wildman–Crippen LogP) is 11.8. The fourth-order valence-electron chi connectivity index (χ4n) is 7.61. The van der Waals surface area contributed by atoms with Crippen LogP contribution in [0.3, 0.4) is 0 Å². The lowest BCUT2D eigenvalue weighted by atomic mass is 10.00. The highest BCUT2D eigenvalue weighted by Crippen LogP contribution is 2.35. The molecule has 0 radical (unpaired) electrons. The smallest absolute Gasteiger partial charge is 0.164 e. The Bertz CT molecular complexity index is 2880. The molecule has 0 amide bonds. The topological polar surface area (TPSA) is 74.3 Å². The highest BCUT2D eigenvalue weighted by molar-refractivity contribution is 5.89. The van der Waals surface area contributed by atoms with E-state index in [0.717, 1.165) is 72.9 Å². The first-order valence-electron chi connectivity index (χ1n) is 19.1. The number of nitrogens with zero attached hydrogens (tertiary/aromatic N) is 7. The summed E-state index contributed by atoms with van der Waals surface area (Å²) in [7, 11) is 0. The van der Waals surface area contributed by atoms with Crippen LogP contribution in [0.4, 0.5) is 0 Å². The molecule has 0 saturated carbocycles. The molecule has 0 N–H and O–H groups in total. The molecule has 0 fully saturated rings. The van der Waals surface area contributed by atoms with Crippen molar-refractivity contribution in [1.82, 2.24) is 34.1 Å². The Morgan fingerprint density at radius 3 is 1.11 bits per heavy atom. The Balaban J connectivity index is 1.16. The van der Waals surface area contributed by atoms with E-state index in [9.17, 15) is 0 Å². The van der Waals surface area contributed by atoms with Gasteiger partial charge in [0.25, 0.3) is 0 Å². The lowest BCUT2D eigenvalue weighted by Crippen LogP contribution is -2.01. The zero-order valence-corrected chi connectivity index (χ0v) is 31.8. The average Bonchev–Trinajstić information content (AvgIpc) is 3.85. The summed E-state index contributed by atoms with van der Waals surface area (Å²) in [6, 6.07) is 58.3. The highest BCUT2D eigenvalue weighted by atomic mass is 15.1. The first-order valence-corrected chi connectivity index (χ1v) is 19.1. The van der Waals surface area contributed by atoms with E-state index >= 15 is 0 Å². The van der Waals surface area contributed by atoms with Gasteiger partial charge in [-0.2, -0.15) is 0 Å². The van der Waals surface area contributed by atoms with Gasteiger partial charge in [-0.25, -0.2) is 24.9 Å². The standard InChI is InChI=1S/C50H37N7/c1-32-28-39(29-33(2)34(32)3)48-54-46(37-24-26-44-42(30-37)51-49(35-16-8-4-9-17-35)56(44)40-20-12-6-13-21-40)53-47(55-48)38-25-27-45-43(31-38)52-50(36-18-10-5-11-19-36)57(45)41-22-14-7-15-23-41/h4-31H,1-3H3. The number of imidazole rings is 2. The molecule has 7 aromatic carbocycles. The summed E-state index contributed by atoms with van der Waals surface area (Å²) in [5, 5.41) is 0. The Morgan fingerprint density at radius 1 is 0.333 bits per heavy atom. The zero-order chi connectivity index (χ0) is 38.5. The largest absolute Gasteiger partial charge is 0.292 e. The highest BCUT2D eigenvalue weighted by Gasteiger charge is 2.20. The van der Waals surface area contributed by atoms with Crippen LogP contribution in [0.1, 0.15) is 16.7 Å². The van der Waals surface area contributed by atoms with E-state index in [4.69, 9.17) is 24.9 Å². The summed E-state index contributed by atoms with van der Waals surface area (Å²) in [6.45, 7) is 6.43. The van der Waals surface area contributed by atoms with Crippen molar-refractivity contribution in [1.29, 1.82) is 0 Å². The summed E-state index contributed by atoms with van der Waals surface area (Å²) in [4.78, 5) is 25.9. The maximum absolute atomic E-state index is 5.22. The van der Waals surface area contributed by atoms with Crippen molar-refractivity contribution in [2.75, 3.05) is 0 Å². The van der Waals surface area contributed by atoms with Crippen LogP contribution in [0.25, 0.3) is 90.4 Å². The fourth-order valence-corrected chi connectivity index (χ4v) is 7.61. The summed E-state index contributed by atoms with van der Waals surface area (Å²) in [5.74, 6) is 3.50. The van der Waals surface area contributed by atoms with Crippen molar-refractivity contribution in [3.8, 4) is 68.3 Å². The van der Waals surface area contributed by atoms with E-state index < -0.39 is 0 Å². The summed E-state index contributed by atoms with van der Waals surface area (Å²) < 4.78 is 4.42. The molecule has 0 aliphatic carbocycles. The van der Waals surface area contributed by atoms with Gasteiger partial charge in [-0.05, 0) is 110 Å². The molecule has 3 heterocycles. The quantitative estimate of drug-likeness (QED) is 0.163. The SMILES string of the molecule is Cc1cc(-c2nc(-c3ccc4c(c3)nc(-c3ccccc3)n4-c3ccccc3)nc(-c3ccc4c(c3)nc(-c3ccccc3)n4-c3ccccc3)n2)cc(C)c1C. The van der Waals surface area contributed by atoms with E-state index in [1.807, 2.05) is 48.5 Å².